The molecule has 0 aliphatic carbocycles. The van der Waals surface area contributed by atoms with Crippen molar-refractivity contribution in [3.05, 3.63) is 38.9 Å². The third-order valence-electron chi connectivity index (χ3n) is 2.88. The van der Waals surface area contributed by atoms with Gasteiger partial charge in [0.15, 0.2) is 0 Å². The van der Waals surface area contributed by atoms with Crippen LogP contribution >= 0.6 is 0 Å². The number of carbonyl (C=O) groups excluding carboxylic acids is 1. The van der Waals surface area contributed by atoms with E-state index in [2.05, 4.69) is 20.8 Å². The molecule has 2 aromatic rings. The number of H-pyrrole nitrogens is 2. The van der Waals surface area contributed by atoms with Crippen molar-refractivity contribution in [2.45, 2.75) is 13.3 Å². The van der Waals surface area contributed by atoms with Gasteiger partial charge >= 0.3 is 0 Å². The van der Waals surface area contributed by atoms with Crippen LogP contribution in [-0.2, 0) is 4.79 Å². The summed E-state index contributed by atoms with van der Waals surface area (Å²) < 4.78 is 0. The van der Waals surface area contributed by atoms with E-state index in [0.29, 0.717) is 18.7 Å². The SMILES string of the molecule is CCNCCC(=O)Nc1cccc2c(=O)[nH][nH]c(=O)c12. The van der Waals surface area contributed by atoms with Crippen molar-refractivity contribution < 1.29 is 4.79 Å². The second-order valence-corrected chi connectivity index (χ2v) is 4.29. The molecule has 4 N–H and O–H groups in total. The number of rotatable bonds is 5. The lowest BCUT2D eigenvalue weighted by atomic mass is 10.1. The predicted octanol–water partition coefficient (Wildman–Crippen LogP) is 0.154. The van der Waals surface area contributed by atoms with Crippen LogP contribution in [0.4, 0.5) is 5.69 Å². The zero-order valence-electron chi connectivity index (χ0n) is 11.1. The molecule has 0 saturated carbocycles. The van der Waals surface area contributed by atoms with Gasteiger partial charge in [-0.15, -0.1) is 0 Å². The van der Waals surface area contributed by atoms with E-state index in [1.54, 1.807) is 12.1 Å². The Morgan fingerprint density at radius 3 is 2.70 bits per heavy atom. The molecule has 7 nitrogen and oxygen atoms in total. The number of aromatic nitrogens is 2. The second kappa shape index (κ2) is 6.16. The Hall–Kier alpha value is -2.41. The summed E-state index contributed by atoms with van der Waals surface area (Å²) in [5, 5.41) is 10.6. The molecule has 106 valence electrons. The molecule has 1 aromatic heterocycles. The number of amides is 1. The first-order valence-corrected chi connectivity index (χ1v) is 6.37. The lowest BCUT2D eigenvalue weighted by Crippen LogP contribution is -2.23. The van der Waals surface area contributed by atoms with E-state index in [4.69, 9.17) is 0 Å². The van der Waals surface area contributed by atoms with Crippen LogP contribution in [0.2, 0.25) is 0 Å². The lowest BCUT2D eigenvalue weighted by molar-refractivity contribution is -0.116. The largest absolute Gasteiger partial charge is 0.325 e. The van der Waals surface area contributed by atoms with Crippen molar-refractivity contribution in [3.8, 4) is 0 Å². The lowest BCUT2D eigenvalue weighted by Gasteiger charge is -2.07. The minimum absolute atomic E-state index is 0.188. The fourth-order valence-corrected chi connectivity index (χ4v) is 1.93. The average molecular weight is 276 g/mol. The highest BCUT2D eigenvalue weighted by atomic mass is 16.2. The smallest absolute Gasteiger partial charge is 0.272 e. The Morgan fingerprint density at radius 1 is 1.20 bits per heavy atom. The molecular formula is C13H16N4O3. The topological polar surface area (TPSA) is 107 Å². The van der Waals surface area contributed by atoms with E-state index in [0.717, 1.165) is 6.54 Å². The first-order valence-electron chi connectivity index (χ1n) is 6.37. The molecule has 0 radical (unpaired) electrons. The standard InChI is InChI=1S/C13H16N4O3/c1-2-14-7-6-10(18)15-9-5-3-4-8-11(9)13(20)17-16-12(8)19/h3-5,14H,2,6-7H2,1H3,(H,15,18)(H,16,19)(H,17,20). The van der Waals surface area contributed by atoms with Crippen LogP contribution in [-0.4, -0.2) is 29.2 Å². The number of benzene rings is 1. The third-order valence-corrected chi connectivity index (χ3v) is 2.88. The van der Waals surface area contributed by atoms with Gasteiger partial charge in [0.05, 0.1) is 16.5 Å². The van der Waals surface area contributed by atoms with Crippen LogP contribution < -0.4 is 21.8 Å². The highest BCUT2D eigenvalue weighted by Gasteiger charge is 2.10. The molecule has 7 heteroatoms. The van der Waals surface area contributed by atoms with Gasteiger partial charge in [0.2, 0.25) is 5.91 Å². The van der Waals surface area contributed by atoms with Gasteiger partial charge in [-0.25, -0.2) is 0 Å². The summed E-state index contributed by atoms with van der Waals surface area (Å²) in [5.74, 6) is -0.210. The fraction of sp³-hybridized carbons (Fsp3) is 0.308. The molecule has 1 heterocycles. The summed E-state index contributed by atoms with van der Waals surface area (Å²) in [6, 6.07) is 4.76. The number of nitrogens with one attached hydrogen (secondary N) is 4. The van der Waals surface area contributed by atoms with Gasteiger partial charge in [0, 0.05) is 13.0 Å². The van der Waals surface area contributed by atoms with Crippen molar-refractivity contribution in [2.75, 3.05) is 18.4 Å². The maximum atomic E-state index is 11.8. The normalized spacial score (nSPS) is 10.7. The summed E-state index contributed by atoms with van der Waals surface area (Å²) in [7, 11) is 0. The molecule has 1 aromatic carbocycles. The van der Waals surface area contributed by atoms with Crippen LogP contribution in [0.25, 0.3) is 10.8 Å². The van der Waals surface area contributed by atoms with Crippen LogP contribution in [0.1, 0.15) is 13.3 Å². The van der Waals surface area contributed by atoms with Gasteiger partial charge in [0.25, 0.3) is 11.1 Å². The van der Waals surface area contributed by atoms with E-state index in [-0.39, 0.29) is 16.7 Å². The zero-order chi connectivity index (χ0) is 14.5. The van der Waals surface area contributed by atoms with Crippen molar-refractivity contribution in [3.63, 3.8) is 0 Å². The average Bonchev–Trinajstić information content (AvgIpc) is 2.43. The Balaban J connectivity index is 2.31. The molecule has 0 aliphatic heterocycles. The first-order chi connectivity index (χ1) is 9.63. The zero-order valence-corrected chi connectivity index (χ0v) is 11.1. The van der Waals surface area contributed by atoms with Crippen LogP contribution in [0.5, 0.6) is 0 Å². The van der Waals surface area contributed by atoms with Gasteiger partial charge in [-0.2, -0.15) is 0 Å². The molecule has 0 atom stereocenters. The summed E-state index contributed by atoms with van der Waals surface area (Å²) in [6.45, 7) is 3.30. The Morgan fingerprint density at radius 2 is 1.95 bits per heavy atom. The molecule has 0 unspecified atom stereocenters. The molecular weight excluding hydrogens is 260 g/mol. The van der Waals surface area contributed by atoms with E-state index in [9.17, 15) is 14.4 Å². The van der Waals surface area contributed by atoms with Crippen molar-refractivity contribution in [2.24, 2.45) is 0 Å². The van der Waals surface area contributed by atoms with Gasteiger partial charge in [-0.05, 0) is 18.7 Å². The highest BCUT2D eigenvalue weighted by Crippen LogP contribution is 2.16. The molecule has 2 rings (SSSR count). The molecule has 0 saturated heterocycles. The van der Waals surface area contributed by atoms with Crippen LogP contribution in [0, 0.1) is 0 Å². The highest BCUT2D eigenvalue weighted by molar-refractivity contribution is 6.01. The number of hydrogen-bond donors (Lipinski definition) is 4. The van der Waals surface area contributed by atoms with Crippen LogP contribution in [0.3, 0.4) is 0 Å². The monoisotopic (exact) mass is 276 g/mol. The quantitative estimate of drug-likeness (QED) is 0.583. The molecule has 0 bridgehead atoms. The van der Waals surface area contributed by atoms with Gasteiger partial charge in [0.1, 0.15) is 0 Å². The minimum Gasteiger partial charge on any atom is -0.325 e. The van der Waals surface area contributed by atoms with E-state index >= 15 is 0 Å². The van der Waals surface area contributed by atoms with Gasteiger partial charge < -0.3 is 10.6 Å². The molecule has 1 amide bonds. The number of carbonyl (C=O) groups is 1. The number of hydrogen-bond acceptors (Lipinski definition) is 4. The number of fused-ring (bicyclic) bond motifs is 1. The molecule has 0 aliphatic rings. The fourth-order valence-electron chi connectivity index (χ4n) is 1.93. The molecule has 0 spiro atoms. The van der Waals surface area contributed by atoms with Gasteiger partial charge in [-0.1, -0.05) is 13.0 Å². The Labute approximate surface area is 114 Å². The number of anilines is 1. The first kappa shape index (κ1) is 14.0. The molecule has 0 fully saturated rings. The minimum atomic E-state index is -0.442. The predicted molar refractivity (Wildman–Crippen MR) is 77.0 cm³/mol. The van der Waals surface area contributed by atoms with E-state index < -0.39 is 11.1 Å². The van der Waals surface area contributed by atoms with E-state index in [1.165, 1.54) is 6.07 Å². The van der Waals surface area contributed by atoms with Crippen molar-refractivity contribution >= 4 is 22.4 Å². The second-order valence-electron chi connectivity index (χ2n) is 4.29. The number of aromatic amines is 2. The maximum absolute atomic E-state index is 11.8. The van der Waals surface area contributed by atoms with Crippen molar-refractivity contribution in [1.29, 1.82) is 0 Å². The summed E-state index contributed by atoms with van der Waals surface area (Å²) in [6.07, 6.45) is 0.297. The maximum Gasteiger partial charge on any atom is 0.272 e. The summed E-state index contributed by atoms with van der Waals surface area (Å²) in [4.78, 5) is 35.2. The Bertz CT molecular complexity index is 732. The summed E-state index contributed by atoms with van der Waals surface area (Å²) in [5.41, 5.74) is -0.498. The van der Waals surface area contributed by atoms with E-state index in [1.807, 2.05) is 6.92 Å². The van der Waals surface area contributed by atoms with Crippen molar-refractivity contribution in [1.82, 2.24) is 15.5 Å². The third kappa shape index (κ3) is 2.94. The van der Waals surface area contributed by atoms with Crippen LogP contribution in [0.15, 0.2) is 27.8 Å². The van der Waals surface area contributed by atoms with Gasteiger partial charge in [-0.3, -0.25) is 24.6 Å². The summed E-state index contributed by atoms with van der Waals surface area (Å²) >= 11 is 0. The molecule has 20 heavy (non-hydrogen) atoms. The Kier molecular flexibility index (Phi) is 4.31.